The molecule has 3 aromatic carbocycles. The number of nitrogens with zero attached hydrogens (tertiary/aromatic N) is 3. The van der Waals surface area contributed by atoms with Gasteiger partial charge in [0.25, 0.3) is 0 Å². The van der Waals surface area contributed by atoms with E-state index < -0.39 is 17.9 Å². The molecule has 33 heavy (non-hydrogen) atoms. The summed E-state index contributed by atoms with van der Waals surface area (Å²) < 4.78 is 7.30. The molecule has 0 saturated carbocycles. The second-order valence-corrected chi connectivity index (χ2v) is 7.95. The molecule has 7 heteroatoms. The first-order chi connectivity index (χ1) is 16.1. The number of phenolic OH excluding ortho intramolecular Hbond substituents is 1. The second-order valence-electron chi connectivity index (χ2n) is 7.95. The number of imidazole rings is 1. The highest BCUT2D eigenvalue weighted by atomic mass is 16.5. The lowest BCUT2D eigenvalue weighted by atomic mass is 9.89. The molecule has 1 aromatic heterocycles. The Hall–Kier alpha value is -4.13. The summed E-state index contributed by atoms with van der Waals surface area (Å²) >= 11 is 0. The van der Waals surface area contributed by atoms with Crippen LogP contribution in [0, 0.1) is 5.92 Å². The Balaban J connectivity index is 1.75. The summed E-state index contributed by atoms with van der Waals surface area (Å²) in [6.07, 6.45) is 0. The first-order valence-corrected chi connectivity index (χ1v) is 10.9. The van der Waals surface area contributed by atoms with Crippen molar-refractivity contribution in [2.24, 2.45) is 5.92 Å². The largest absolute Gasteiger partial charge is 0.508 e. The number of fused-ring (bicyclic) bond motifs is 3. The third kappa shape index (κ3) is 3.61. The van der Waals surface area contributed by atoms with Gasteiger partial charge in [-0.15, -0.1) is 0 Å². The first-order valence-electron chi connectivity index (χ1n) is 10.9. The van der Waals surface area contributed by atoms with E-state index in [2.05, 4.69) is 0 Å². The predicted molar refractivity (Wildman–Crippen MR) is 124 cm³/mol. The summed E-state index contributed by atoms with van der Waals surface area (Å²) in [5.41, 5.74) is 3.18. The molecule has 166 valence electrons. The first kappa shape index (κ1) is 20.8. The lowest BCUT2D eigenvalue weighted by molar-refractivity contribution is -0.153. The van der Waals surface area contributed by atoms with E-state index in [0.29, 0.717) is 11.5 Å². The zero-order valence-electron chi connectivity index (χ0n) is 18.1. The lowest BCUT2D eigenvalue weighted by Gasteiger charge is -2.38. The van der Waals surface area contributed by atoms with Gasteiger partial charge in [-0.25, -0.2) is 4.98 Å². The number of benzene rings is 3. The minimum atomic E-state index is -1.09. The molecule has 0 radical (unpaired) electrons. The van der Waals surface area contributed by atoms with Gasteiger partial charge >= 0.3 is 5.97 Å². The van der Waals surface area contributed by atoms with Crippen LogP contribution >= 0.6 is 0 Å². The Morgan fingerprint density at radius 2 is 1.70 bits per heavy atom. The van der Waals surface area contributed by atoms with Crippen molar-refractivity contribution in [3.63, 3.8) is 0 Å². The van der Waals surface area contributed by atoms with Gasteiger partial charge in [0.1, 0.15) is 5.75 Å². The summed E-state index contributed by atoms with van der Waals surface area (Å²) in [5, 5.41) is 9.81. The Morgan fingerprint density at radius 3 is 2.42 bits per heavy atom. The normalized spacial score (nSPS) is 17.7. The number of ether oxygens (including phenoxy) is 1. The number of carbonyl (C=O) groups excluding carboxylic acids is 2. The van der Waals surface area contributed by atoms with Crippen LogP contribution in [0.15, 0.2) is 78.9 Å². The maximum atomic E-state index is 13.9. The number of amides is 1. The highest BCUT2D eigenvalue weighted by Gasteiger charge is 2.47. The molecule has 0 aliphatic carbocycles. The Labute approximate surface area is 190 Å². The van der Waals surface area contributed by atoms with Gasteiger partial charge in [0.2, 0.25) is 11.9 Å². The van der Waals surface area contributed by atoms with Crippen molar-refractivity contribution in [3.05, 3.63) is 90.0 Å². The number of aromatic nitrogens is 2. The molecule has 1 N–H and O–H groups in total. The SMILES string of the molecule is CCOC(=O)[C@@H]1C(=O)N(Cc2ccccc2)c2nc3ccccc3n2[C@@H]1c1ccc(O)cc1. The van der Waals surface area contributed by atoms with E-state index in [-0.39, 0.29) is 24.8 Å². The van der Waals surface area contributed by atoms with Crippen molar-refractivity contribution in [1.29, 1.82) is 0 Å². The quantitative estimate of drug-likeness (QED) is 0.373. The third-order valence-corrected chi connectivity index (χ3v) is 5.90. The van der Waals surface area contributed by atoms with E-state index in [4.69, 9.17) is 9.72 Å². The number of rotatable bonds is 5. The predicted octanol–water partition coefficient (Wildman–Crippen LogP) is 4.06. The fourth-order valence-corrected chi connectivity index (χ4v) is 4.44. The molecule has 0 spiro atoms. The van der Waals surface area contributed by atoms with E-state index in [1.807, 2.05) is 59.2 Å². The van der Waals surface area contributed by atoms with E-state index in [1.165, 1.54) is 0 Å². The summed E-state index contributed by atoms with van der Waals surface area (Å²) in [6.45, 7) is 2.17. The molecular weight excluding hydrogens is 418 g/mol. The van der Waals surface area contributed by atoms with Crippen LogP contribution in [0.25, 0.3) is 11.0 Å². The van der Waals surface area contributed by atoms with Crippen molar-refractivity contribution >= 4 is 28.9 Å². The molecule has 2 atom stereocenters. The van der Waals surface area contributed by atoms with Crippen LogP contribution in [0.3, 0.4) is 0 Å². The van der Waals surface area contributed by atoms with E-state index >= 15 is 0 Å². The van der Waals surface area contributed by atoms with Crippen molar-refractivity contribution in [1.82, 2.24) is 9.55 Å². The van der Waals surface area contributed by atoms with Gasteiger partial charge in [-0.2, -0.15) is 0 Å². The van der Waals surface area contributed by atoms with E-state index in [0.717, 1.165) is 16.6 Å². The molecule has 1 amide bonds. The van der Waals surface area contributed by atoms with Crippen LogP contribution in [0.1, 0.15) is 24.1 Å². The maximum absolute atomic E-state index is 13.9. The molecule has 5 rings (SSSR count). The average molecular weight is 441 g/mol. The highest BCUT2D eigenvalue weighted by Crippen LogP contribution is 2.42. The fraction of sp³-hybridized carbons (Fsp3) is 0.192. The van der Waals surface area contributed by atoms with Gasteiger partial charge in [-0.1, -0.05) is 54.6 Å². The zero-order valence-corrected chi connectivity index (χ0v) is 18.1. The lowest BCUT2D eigenvalue weighted by Crippen LogP contribution is -2.49. The molecule has 1 aliphatic heterocycles. The van der Waals surface area contributed by atoms with Crippen molar-refractivity contribution in [2.75, 3.05) is 11.5 Å². The van der Waals surface area contributed by atoms with E-state index in [9.17, 15) is 14.7 Å². The minimum Gasteiger partial charge on any atom is -0.508 e. The van der Waals surface area contributed by atoms with Crippen molar-refractivity contribution < 1.29 is 19.4 Å². The Morgan fingerprint density at radius 1 is 1.00 bits per heavy atom. The molecule has 0 bridgehead atoms. The molecule has 0 saturated heterocycles. The number of hydrogen-bond acceptors (Lipinski definition) is 5. The van der Waals surface area contributed by atoms with Gasteiger partial charge in [0, 0.05) is 0 Å². The molecule has 4 aromatic rings. The molecule has 0 unspecified atom stereocenters. The van der Waals surface area contributed by atoms with Gasteiger partial charge in [0.05, 0.1) is 30.2 Å². The zero-order chi connectivity index (χ0) is 22.9. The molecule has 2 heterocycles. The Kier molecular flexibility index (Phi) is 5.30. The van der Waals surface area contributed by atoms with Crippen LogP contribution in [0.5, 0.6) is 5.75 Å². The Bertz CT molecular complexity index is 1310. The number of para-hydroxylation sites is 2. The molecular formula is C26H23N3O4. The molecule has 7 nitrogen and oxygen atoms in total. The number of hydrogen-bond donors (Lipinski definition) is 1. The topological polar surface area (TPSA) is 84.7 Å². The van der Waals surface area contributed by atoms with Crippen LogP contribution in [-0.2, 0) is 20.9 Å². The fourth-order valence-electron chi connectivity index (χ4n) is 4.44. The van der Waals surface area contributed by atoms with Crippen LogP contribution in [-0.4, -0.2) is 33.1 Å². The molecule has 0 fully saturated rings. The van der Waals surface area contributed by atoms with Crippen LogP contribution in [0.4, 0.5) is 5.95 Å². The maximum Gasteiger partial charge on any atom is 0.321 e. The number of esters is 1. The van der Waals surface area contributed by atoms with Crippen LogP contribution < -0.4 is 4.90 Å². The third-order valence-electron chi connectivity index (χ3n) is 5.90. The number of anilines is 1. The standard InChI is InChI=1S/C26H23N3O4/c1-2-33-25(32)22-23(18-12-14-19(30)15-13-18)29-21-11-7-6-10-20(21)27-26(29)28(24(22)31)16-17-8-4-3-5-9-17/h3-15,22-23,30H,2,16H2,1H3/t22-,23+/m0/s1. The smallest absolute Gasteiger partial charge is 0.321 e. The van der Waals surface area contributed by atoms with E-state index in [1.54, 1.807) is 36.1 Å². The number of aromatic hydroxyl groups is 1. The monoisotopic (exact) mass is 441 g/mol. The van der Waals surface area contributed by atoms with Crippen molar-refractivity contribution in [2.45, 2.75) is 19.5 Å². The minimum absolute atomic E-state index is 0.106. The summed E-state index contributed by atoms with van der Waals surface area (Å²) in [4.78, 5) is 33.4. The van der Waals surface area contributed by atoms with Gasteiger partial charge < -0.3 is 14.4 Å². The van der Waals surface area contributed by atoms with Gasteiger partial charge in [0.15, 0.2) is 5.92 Å². The highest BCUT2D eigenvalue weighted by molar-refractivity contribution is 6.08. The van der Waals surface area contributed by atoms with Gasteiger partial charge in [-0.3, -0.25) is 14.5 Å². The second kappa shape index (κ2) is 8.43. The van der Waals surface area contributed by atoms with Crippen molar-refractivity contribution in [3.8, 4) is 5.75 Å². The summed E-state index contributed by atoms with van der Waals surface area (Å²) in [5.74, 6) is -1.46. The number of carbonyl (C=O) groups is 2. The van der Waals surface area contributed by atoms with Crippen LogP contribution in [0.2, 0.25) is 0 Å². The van der Waals surface area contributed by atoms with Gasteiger partial charge in [-0.05, 0) is 42.3 Å². The summed E-state index contributed by atoms with van der Waals surface area (Å²) in [6, 6.07) is 23.1. The average Bonchev–Trinajstić information content (AvgIpc) is 3.21. The summed E-state index contributed by atoms with van der Waals surface area (Å²) in [7, 11) is 0. The number of phenols is 1. The molecule has 1 aliphatic rings.